The van der Waals surface area contributed by atoms with E-state index in [-0.39, 0.29) is 5.91 Å². The maximum Gasteiger partial charge on any atom is 0.234 e. The van der Waals surface area contributed by atoms with Crippen LogP contribution in [0.3, 0.4) is 0 Å². The fourth-order valence-corrected chi connectivity index (χ4v) is 3.25. The molecule has 2 N–H and O–H groups in total. The van der Waals surface area contributed by atoms with Gasteiger partial charge in [-0.25, -0.2) is 0 Å². The third kappa shape index (κ3) is 4.60. The third-order valence-electron chi connectivity index (χ3n) is 3.46. The molecule has 1 aromatic rings. The van der Waals surface area contributed by atoms with Gasteiger partial charge < -0.3 is 10.6 Å². The molecule has 0 atom stereocenters. The molecular formula is C14H23N3OS. The summed E-state index contributed by atoms with van der Waals surface area (Å²) in [4.78, 5) is 15.5. The molecule has 1 aromatic heterocycles. The fraction of sp³-hybridized carbons (Fsp3) is 0.643. The molecule has 106 valence electrons. The van der Waals surface area contributed by atoms with Crippen LogP contribution in [0.2, 0.25) is 0 Å². The Labute approximate surface area is 119 Å². The standard InChI is InChI=1S/C14H23N3OS/c1-2-12-4-9-19-13(12)10-16-14(18)11-17-7-3-5-15-6-8-17/h4,9,15H,2-3,5-8,10-11H2,1H3,(H,16,18). The van der Waals surface area contributed by atoms with Gasteiger partial charge in [-0.15, -0.1) is 11.3 Å². The molecule has 2 heterocycles. The van der Waals surface area contributed by atoms with Crippen molar-refractivity contribution in [2.45, 2.75) is 26.3 Å². The number of amides is 1. The largest absolute Gasteiger partial charge is 0.350 e. The third-order valence-corrected chi connectivity index (χ3v) is 4.43. The van der Waals surface area contributed by atoms with Gasteiger partial charge in [0.1, 0.15) is 0 Å². The normalized spacial score (nSPS) is 17.1. The first kappa shape index (κ1) is 14.5. The maximum absolute atomic E-state index is 11.9. The summed E-state index contributed by atoms with van der Waals surface area (Å²) in [6, 6.07) is 2.15. The topological polar surface area (TPSA) is 44.4 Å². The molecule has 0 saturated carbocycles. The van der Waals surface area contributed by atoms with Crippen LogP contribution in [0.1, 0.15) is 23.8 Å². The van der Waals surface area contributed by atoms with E-state index in [1.165, 1.54) is 10.4 Å². The molecule has 1 amide bonds. The van der Waals surface area contributed by atoms with Gasteiger partial charge in [0.05, 0.1) is 13.1 Å². The van der Waals surface area contributed by atoms with Crippen molar-refractivity contribution in [1.29, 1.82) is 0 Å². The van der Waals surface area contributed by atoms with Gasteiger partial charge in [-0.1, -0.05) is 6.92 Å². The molecule has 2 rings (SSSR count). The summed E-state index contributed by atoms with van der Waals surface area (Å²) in [5, 5.41) is 8.48. The van der Waals surface area contributed by atoms with E-state index in [1.807, 2.05) is 0 Å². The molecule has 0 bridgehead atoms. The summed E-state index contributed by atoms with van der Waals surface area (Å²) in [5.41, 5.74) is 1.35. The summed E-state index contributed by atoms with van der Waals surface area (Å²) >= 11 is 1.73. The lowest BCUT2D eigenvalue weighted by molar-refractivity contribution is -0.122. The van der Waals surface area contributed by atoms with Crippen LogP contribution in [0, 0.1) is 0 Å². The Morgan fingerprint density at radius 3 is 3.21 bits per heavy atom. The lowest BCUT2D eigenvalue weighted by atomic mass is 10.2. The quantitative estimate of drug-likeness (QED) is 0.853. The van der Waals surface area contributed by atoms with Crippen molar-refractivity contribution in [3.63, 3.8) is 0 Å². The molecule has 0 aliphatic carbocycles. The summed E-state index contributed by atoms with van der Waals surface area (Å²) < 4.78 is 0. The van der Waals surface area contributed by atoms with Gasteiger partial charge in [0.25, 0.3) is 0 Å². The highest BCUT2D eigenvalue weighted by Crippen LogP contribution is 2.16. The van der Waals surface area contributed by atoms with E-state index in [1.54, 1.807) is 11.3 Å². The molecule has 5 heteroatoms. The number of rotatable bonds is 5. The van der Waals surface area contributed by atoms with Crippen molar-refractivity contribution in [1.82, 2.24) is 15.5 Å². The minimum absolute atomic E-state index is 0.136. The van der Waals surface area contributed by atoms with Crippen molar-refractivity contribution in [2.24, 2.45) is 0 Å². The predicted octanol–water partition coefficient (Wildman–Crippen LogP) is 1.22. The van der Waals surface area contributed by atoms with E-state index in [4.69, 9.17) is 0 Å². The number of nitrogens with one attached hydrogen (secondary N) is 2. The Kier molecular flexibility index (Phi) is 5.82. The number of carbonyl (C=O) groups excluding carboxylic acids is 1. The number of hydrogen-bond donors (Lipinski definition) is 2. The number of hydrogen-bond acceptors (Lipinski definition) is 4. The van der Waals surface area contributed by atoms with Crippen LogP contribution in [0.15, 0.2) is 11.4 Å². The number of nitrogens with zero attached hydrogens (tertiary/aromatic N) is 1. The van der Waals surface area contributed by atoms with Crippen LogP contribution in [-0.2, 0) is 17.8 Å². The highest BCUT2D eigenvalue weighted by atomic mass is 32.1. The molecule has 0 aromatic carbocycles. The first-order valence-corrected chi connectivity index (χ1v) is 7.92. The van der Waals surface area contributed by atoms with E-state index in [2.05, 4.69) is 33.9 Å². The predicted molar refractivity (Wildman–Crippen MR) is 79.5 cm³/mol. The summed E-state index contributed by atoms with van der Waals surface area (Å²) in [6.45, 7) is 7.37. The number of aryl methyl sites for hydroxylation is 1. The van der Waals surface area contributed by atoms with Gasteiger partial charge in [-0.05, 0) is 42.9 Å². The molecule has 19 heavy (non-hydrogen) atoms. The van der Waals surface area contributed by atoms with E-state index >= 15 is 0 Å². The van der Waals surface area contributed by atoms with Gasteiger partial charge in [-0.2, -0.15) is 0 Å². The van der Waals surface area contributed by atoms with Crippen LogP contribution in [0.4, 0.5) is 0 Å². The molecule has 0 unspecified atom stereocenters. The average molecular weight is 281 g/mol. The Hall–Kier alpha value is -0.910. The Morgan fingerprint density at radius 1 is 1.47 bits per heavy atom. The number of thiophene rings is 1. The van der Waals surface area contributed by atoms with Crippen LogP contribution in [0.5, 0.6) is 0 Å². The second-order valence-corrected chi connectivity index (χ2v) is 5.88. The summed E-state index contributed by atoms with van der Waals surface area (Å²) in [6.07, 6.45) is 2.16. The molecule has 1 saturated heterocycles. The zero-order chi connectivity index (χ0) is 13.5. The molecule has 0 radical (unpaired) electrons. The first-order valence-electron chi connectivity index (χ1n) is 7.04. The zero-order valence-corrected chi connectivity index (χ0v) is 12.4. The summed E-state index contributed by atoms with van der Waals surface area (Å²) in [5.74, 6) is 0.136. The highest BCUT2D eigenvalue weighted by molar-refractivity contribution is 7.10. The zero-order valence-electron chi connectivity index (χ0n) is 11.6. The lowest BCUT2D eigenvalue weighted by Gasteiger charge is -2.18. The van der Waals surface area contributed by atoms with Crippen molar-refractivity contribution < 1.29 is 4.79 Å². The molecule has 1 aliphatic rings. The van der Waals surface area contributed by atoms with E-state index in [0.29, 0.717) is 13.1 Å². The van der Waals surface area contributed by atoms with Crippen molar-refractivity contribution in [3.05, 3.63) is 21.9 Å². The average Bonchev–Trinajstić information content (AvgIpc) is 2.72. The summed E-state index contributed by atoms with van der Waals surface area (Å²) in [7, 11) is 0. The lowest BCUT2D eigenvalue weighted by Crippen LogP contribution is -2.38. The van der Waals surface area contributed by atoms with E-state index in [9.17, 15) is 4.79 Å². The fourth-order valence-electron chi connectivity index (χ4n) is 2.33. The second-order valence-electron chi connectivity index (χ2n) is 4.88. The molecular weight excluding hydrogens is 258 g/mol. The Balaban J connectivity index is 1.74. The first-order chi connectivity index (χ1) is 9.29. The van der Waals surface area contributed by atoms with Gasteiger partial charge in [-0.3, -0.25) is 9.69 Å². The van der Waals surface area contributed by atoms with Crippen molar-refractivity contribution in [3.8, 4) is 0 Å². The van der Waals surface area contributed by atoms with Gasteiger partial charge in [0.15, 0.2) is 0 Å². The smallest absolute Gasteiger partial charge is 0.234 e. The monoisotopic (exact) mass is 281 g/mol. The van der Waals surface area contributed by atoms with Crippen LogP contribution in [0.25, 0.3) is 0 Å². The SMILES string of the molecule is CCc1ccsc1CNC(=O)CN1CCCNCC1. The van der Waals surface area contributed by atoms with Crippen molar-refractivity contribution in [2.75, 3.05) is 32.7 Å². The molecule has 1 aliphatic heterocycles. The Morgan fingerprint density at radius 2 is 2.37 bits per heavy atom. The van der Waals surface area contributed by atoms with E-state index in [0.717, 1.165) is 39.0 Å². The van der Waals surface area contributed by atoms with Crippen LogP contribution in [-0.4, -0.2) is 43.5 Å². The van der Waals surface area contributed by atoms with E-state index < -0.39 is 0 Å². The van der Waals surface area contributed by atoms with Crippen molar-refractivity contribution >= 4 is 17.2 Å². The second kappa shape index (κ2) is 7.62. The van der Waals surface area contributed by atoms with Gasteiger partial charge >= 0.3 is 0 Å². The maximum atomic E-state index is 11.9. The minimum atomic E-state index is 0.136. The van der Waals surface area contributed by atoms with Gasteiger partial charge in [0.2, 0.25) is 5.91 Å². The number of carbonyl (C=O) groups is 1. The highest BCUT2D eigenvalue weighted by Gasteiger charge is 2.12. The van der Waals surface area contributed by atoms with Crippen LogP contribution < -0.4 is 10.6 Å². The Bertz CT molecular complexity index is 397. The minimum Gasteiger partial charge on any atom is -0.350 e. The molecule has 1 fully saturated rings. The molecule has 4 nitrogen and oxygen atoms in total. The molecule has 0 spiro atoms. The van der Waals surface area contributed by atoms with Crippen LogP contribution >= 0.6 is 11.3 Å². The van der Waals surface area contributed by atoms with Gasteiger partial charge in [0, 0.05) is 18.0 Å².